The van der Waals surface area contributed by atoms with Gasteiger partial charge in [0.1, 0.15) is 103 Å². The van der Waals surface area contributed by atoms with Crippen LogP contribution in [0.5, 0.6) is 0 Å². The molecule has 0 aromatic rings. The maximum atomic E-state index is 13.4. The molecular weight excluding hydrogens is 1280 g/mol. The minimum Gasteiger partial charge on any atom is -0.788 e. The van der Waals surface area contributed by atoms with Gasteiger partial charge < -0.3 is 114 Å². The van der Waals surface area contributed by atoms with Gasteiger partial charge >= 0.3 is 0 Å². The lowest BCUT2D eigenvalue weighted by Gasteiger charge is -2.41. The molecule has 9 unspecified atom stereocenters. The highest BCUT2D eigenvalue weighted by Gasteiger charge is 2.46. The van der Waals surface area contributed by atoms with Gasteiger partial charge in [-0.3, -0.25) is 19.2 Å². The number of carbonyl (C=O) groups is 2. The number of aliphatic hydroxyl groups excluding tert-OH is 1. The summed E-state index contributed by atoms with van der Waals surface area (Å²) < 4.78 is 146. The van der Waals surface area contributed by atoms with E-state index < -0.39 is 104 Å². The lowest BCUT2D eigenvalue weighted by Crippen LogP contribution is -2.48. The van der Waals surface area contributed by atoms with Crippen molar-refractivity contribution in [3.63, 3.8) is 0 Å². The van der Waals surface area contributed by atoms with Gasteiger partial charge in [-0.25, -0.2) is 13.7 Å². The van der Waals surface area contributed by atoms with Crippen molar-refractivity contribution in [1.82, 2.24) is 24.6 Å². The van der Waals surface area contributed by atoms with E-state index in [1.165, 1.54) is 33.2 Å². The Kier molecular flexibility index (Phi) is 44.6. The maximum Gasteiger partial charge on any atom is 0.214 e. The topological polar surface area (TPSA) is 372 Å². The number of morpholine rings is 1. The zero-order valence-electron chi connectivity index (χ0n) is 53.5. The average Bonchev–Trinajstić information content (AvgIpc) is 1.40. The molecule has 12 radical (unpaired) electrons. The molecule has 0 saturated carbocycles. The Bertz CT molecular complexity index is 2220. The number of amides is 1. The standard InChI is InChI=1S/C10H20BO7P.C8H18BN2O3P.C8H15BN2O2.C7H16B2O4P.C7H13BFO5P.C7H15BNO4P/c1-15-6-7-8(18-19(2,13)14)9(10(11)17-7)16-5-3-4-12;1-10(2)15(4,12)11-5-7(9)14-8(6-11)13-3;1-7(12)6-11(4-3-10-2)8(13)5-9;1-11-4-6-5(3-7(8)12-6)13-14(2,9)10;1-12-3-4-6(14-15(2,10)11)5(9)7(8)13-4;1-12-4-6-5(3-7(8)13-6)9-14(2,10)11/h7-10,12H,3-6H2,1-2H3,(H,13,14);7-8H,5-6H2,1-4H3;10H,3-6H2,1-2H3;5-7H,3-4H2,1-2,9H3;4-7H,3H2,1-2H3,(H,10,11);5-7H,3-4H2,1-2H3,(H2,9,10,11)/q;;;-1;;/p-3/t7-,8+,9?,10-;;;5-,6-,7-,14?;4-,5?,6+,7-;5-,6-,7-/m1..111/s1. The van der Waals surface area contributed by atoms with Gasteiger partial charge in [0.2, 0.25) is 13.4 Å². The van der Waals surface area contributed by atoms with Crippen LogP contribution in [0.15, 0.2) is 0 Å². The number of hydrogen-bond donors (Lipinski definition) is 3. The van der Waals surface area contributed by atoms with E-state index in [2.05, 4.69) is 14.9 Å². The van der Waals surface area contributed by atoms with Crippen LogP contribution in [0.4, 0.5) is 4.39 Å². The van der Waals surface area contributed by atoms with Crippen molar-refractivity contribution in [2.75, 3.05) is 162 Å². The van der Waals surface area contributed by atoms with E-state index in [1.54, 1.807) is 53.4 Å². The van der Waals surface area contributed by atoms with Gasteiger partial charge in [-0.05, 0) is 67.0 Å². The van der Waals surface area contributed by atoms with E-state index in [1.807, 2.05) is 4.67 Å². The number of ether oxygens (including phenoxy) is 11. The molecule has 5 saturated heterocycles. The summed E-state index contributed by atoms with van der Waals surface area (Å²) in [5.41, 5.74) is 0. The molecule has 5 heterocycles. The van der Waals surface area contributed by atoms with Crippen LogP contribution >= 0.6 is 37.4 Å². The molecule has 0 bridgehead atoms. The highest BCUT2D eigenvalue weighted by Crippen LogP contribution is 2.49. The fraction of sp³-hybridized carbons (Fsp3) is 0.957. The fourth-order valence-corrected chi connectivity index (χ4v) is 12.8. The molecule has 3 N–H and O–H groups in total. The summed E-state index contributed by atoms with van der Waals surface area (Å²) in [6.45, 7) is 11.3. The van der Waals surface area contributed by atoms with Gasteiger partial charge in [0.25, 0.3) is 0 Å². The van der Waals surface area contributed by atoms with E-state index in [0.29, 0.717) is 58.7 Å². The number of ketones is 1. The highest BCUT2D eigenvalue weighted by molar-refractivity contribution is 7.82. The van der Waals surface area contributed by atoms with Crippen LogP contribution in [-0.2, 0) is 98.1 Å². The summed E-state index contributed by atoms with van der Waals surface area (Å²) in [5, 5.41) is 14.1. The summed E-state index contributed by atoms with van der Waals surface area (Å²) in [6, 6.07) is -3.43. The highest BCUT2D eigenvalue weighted by atomic mass is 31.2. The zero-order valence-corrected chi connectivity index (χ0v) is 58.0. The third-order valence-corrected chi connectivity index (χ3v) is 18.1. The molecular formula is C47H94B7FN5O25P5-4. The third-order valence-electron chi connectivity index (χ3n) is 12.6. The molecule has 30 nitrogen and oxygen atoms in total. The van der Waals surface area contributed by atoms with Crippen LogP contribution in [0, 0.1) is 0 Å². The van der Waals surface area contributed by atoms with Gasteiger partial charge in [0, 0.05) is 126 Å². The molecule has 5 aliphatic rings. The molecule has 0 aliphatic carbocycles. The molecule has 5 fully saturated rings. The molecule has 1 amide bonds. The second-order valence-corrected chi connectivity index (χ2v) is 30.5. The van der Waals surface area contributed by atoms with Crippen LogP contribution in [-0.4, -0.2) is 345 Å². The molecule has 514 valence electrons. The SMILES string of the molecule is [B]C1CN(P(C)(=O)N(C)C)CC(OC)O1.[B]CC(=O)N(CCNC)CC(C)=O.[B][C@@H]1O[C@H](COC)[C@H](OP(C)(=O)[O-])C1F.[B][C@@H]1O[C@H](COC)[C@H](OP(C)(=O)[O-])C1OCCCO.[B][C@H]1C[C@@H](NP(C)(=O)[O-])[C@@H](COC)O1.[B][C@H]1C[C@@H](OP([BH3-])(C)=O)[C@@H](COC)O1. The average molecular weight is 1380 g/mol. The van der Waals surface area contributed by atoms with Crippen molar-refractivity contribution < 1.29 is 122 Å². The molecule has 5 rings (SSSR count). The normalized spacial score (nSPS) is 32.3. The van der Waals surface area contributed by atoms with Crippen molar-refractivity contribution in [3.8, 4) is 0 Å². The van der Waals surface area contributed by atoms with Gasteiger partial charge in [0.05, 0.1) is 80.7 Å². The minimum atomic E-state index is -4.02. The number of hydrogen-bond acceptors (Lipinski definition) is 26. The second kappa shape index (κ2) is 44.7. The van der Waals surface area contributed by atoms with Crippen molar-refractivity contribution in [1.29, 1.82) is 0 Å². The lowest BCUT2D eigenvalue weighted by molar-refractivity contribution is -0.206. The van der Waals surface area contributed by atoms with E-state index in [9.17, 15) is 51.5 Å². The van der Waals surface area contributed by atoms with Crippen LogP contribution in [0.2, 0.25) is 6.32 Å². The van der Waals surface area contributed by atoms with Crippen molar-refractivity contribution in [2.24, 2.45) is 0 Å². The number of halogens is 1. The summed E-state index contributed by atoms with van der Waals surface area (Å²) in [5.74, 6) is -0.219. The number of alkyl halides is 1. The fourth-order valence-electron chi connectivity index (χ4n) is 8.52. The first-order valence-corrected chi connectivity index (χ1v) is 37.6. The molecule has 21 atom stereocenters. The molecule has 0 spiro atoms. The van der Waals surface area contributed by atoms with Gasteiger partial charge in [-0.1, -0.05) is 0 Å². The number of nitrogens with zero attached hydrogens (tertiary/aromatic N) is 3. The number of Topliss-reactive ketones (excluding diaryl/α,β-unsaturated/α-hetero) is 1. The quantitative estimate of drug-likeness (QED) is 0.0368. The maximum absolute atomic E-state index is 13.4. The number of rotatable bonds is 29. The predicted molar refractivity (Wildman–Crippen MR) is 338 cm³/mol. The number of methoxy groups -OCH3 is 5. The van der Waals surface area contributed by atoms with Crippen molar-refractivity contribution in [2.45, 2.75) is 130 Å². The Hall–Kier alpha value is -0.205. The van der Waals surface area contributed by atoms with Crippen LogP contribution in [0.3, 0.4) is 0 Å². The first-order chi connectivity index (χ1) is 41.6. The number of carbonyl (C=O) groups excluding carboxylic acids is 2. The Morgan fingerprint density at radius 3 is 1.68 bits per heavy atom. The van der Waals surface area contributed by atoms with Crippen molar-refractivity contribution in [3.05, 3.63) is 0 Å². The molecule has 0 aromatic heterocycles. The number of aliphatic hydroxyl groups is 1. The molecule has 90 heavy (non-hydrogen) atoms. The summed E-state index contributed by atoms with van der Waals surface area (Å²) in [6.07, 6.45) is -5.42. The number of nitrogens with one attached hydrogen (secondary N) is 2. The van der Waals surface area contributed by atoms with E-state index >= 15 is 0 Å². The first kappa shape index (κ1) is 89.8. The molecule has 0 aromatic carbocycles. The van der Waals surface area contributed by atoms with E-state index in [-0.39, 0.29) is 88.9 Å². The summed E-state index contributed by atoms with van der Waals surface area (Å²) >= 11 is 0. The second-order valence-electron chi connectivity index (χ2n) is 20.9. The molecule has 43 heteroatoms. The smallest absolute Gasteiger partial charge is 0.214 e. The van der Waals surface area contributed by atoms with Crippen LogP contribution in [0.1, 0.15) is 26.2 Å². The Morgan fingerprint density at radius 1 is 0.711 bits per heavy atom. The van der Waals surface area contributed by atoms with Crippen molar-refractivity contribution >= 4 is 104 Å². The van der Waals surface area contributed by atoms with Gasteiger partial charge in [-0.15, -0.1) is 0 Å². The lowest BCUT2D eigenvalue weighted by atomic mass is 9.93. The van der Waals surface area contributed by atoms with E-state index in [0.717, 1.165) is 20.0 Å². The number of likely N-dealkylation sites (N-methyl/N-ethyl adjacent to an activating group) is 1. The van der Waals surface area contributed by atoms with E-state index in [4.69, 9.17) is 113 Å². The monoisotopic (exact) mass is 1380 g/mol. The predicted octanol–water partition coefficient (Wildman–Crippen LogP) is -3.78. The Balaban J connectivity index is 0.00000106. The molecule has 5 aliphatic heterocycles. The van der Waals surface area contributed by atoms with Gasteiger partial charge in [0.15, 0.2) is 6.29 Å². The largest absolute Gasteiger partial charge is 0.788 e. The Labute approximate surface area is 540 Å². The minimum absolute atomic E-state index is 0.0241. The summed E-state index contributed by atoms with van der Waals surface area (Å²) in [4.78, 5) is 56.6. The van der Waals surface area contributed by atoms with Crippen LogP contribution < -0.4 is 25.1 Å². The zero-order chi connectivity index (χ0) is 69.5. The van der Waals surface area contributed by atoms with Gasteiger partial charge in [-0.2, -0.15) is 0 Å². The Morgan fingerprint density at radius 2 is 1.21 bits per heavy atom. The first-order valence-electron chi connectivity index (χ1n) is 27.9. The third kappa shape index (κ3) is 37.5. The summed E-state index contributed by atoms with van der Waals surface area (Å²) in [7, 11) is 29.6. The van der Waals surface area contributed by atoms with Crippen LogP contribution in [0.25, 0.3) is 0 Å².